The van der Waals surface area contributed by atoms with Crippen molar-refractivity contribution in [3.05, 3.63) is 0 Å². The van der Waals surface area contributed by atoms with Crippen LogP contribution in [0.3, 0.4) is 0 Å². The van der Waals surface area contributed by atoms with Gasteiger partial charge in [-0.3, -0.25) is 0 Å². The first-order chi connectivity index (χ1) is 7.87. The van der Waals surface area contributed by atoms with E-state index < -0.39 is 5.60 Å². The van der Waals surface area contributed by atoms with Gasteiger partial charge in [-0.25, -0.2) is 4.79 Å². The molecule has 0 aromatic rings. The lowest BCUT2D eigenvalue weighted by Gasteiger charge is -2.32. The minimum absolute atomic E-state index is 0.260. The first-order valence-corrected chi connectivity index (χ1v) is 6.53. The third-order valence-corrected chi connectivity index (χ3v) is 3.74. The van der Waals surface area contributed by atoms with Crippen molar-refractivity contribution in [1.82, 2.24) is 4.90 Å². The van der Waals surface area contributed by atoms with Gasteiger partial charge in [-0.1, -0.05) is 19.3 Å². The van der Waals surface area contributed by atoms with Crippen LogP contribution in [0.2, 0.25) is 0 Å². The van der Waals surface area contributed by atoms with E-state index in [4.69, 9.17) is 4.74 Å². The zero-order valence-electron chi connectivity index (χ0n) is 11.0. The zero-order valence-corrected chi connectivity index (χ0v) is 11.0. The highest BCUT2D eigenvalue weighted by Gasteiger charge is 2.41. The fourth-order valence-electron chi connectivity index (χ4n) is 2.62. The van der Waals surface area contributed by atoms with Crippen LogP contribution in [-0.4, -0.2) is 40.9 Å². The van der Waals surface area contributed by atoms with Gasteiger partial charge in [0, 0.05) is 12.5 Å². The molecule has 98 valence electrons. The quantitative estimate of drug-likeness (QED) is 0.764. The van der Waals surface area contributed by atoms with Gasteiger partial charge in [-0.15, -0.1) is 0 Å². The molecule has 2 atom stereocenters. The van der Waals surface area contributed by atoms with Crippen molar-refractivity contribution in [1.29, 1.82) is 0 Å². The van der Waals surface area contributed by atoms with E-state index in [-0.39, 0.29) is 18.1 Å². The predicted octanol–water partition coefficient (Wildman–Crippen LogP) is 2.01. The Labute approximate surface area is 103 Å². The van der Waals surface area contributed by atoms with Crippen molar-refractivity contribution >= 4 is 6.09 Å². The monoisotopic (exact) mass is 241 g/mol. The molecular formula is C13H23NO3. The Morgan fingerprint density at radius 3 is 2.41 bits per heavy atom. The summed E-state index contributed by atoms with van der Waals surface area (Å²) in [5, 5.41) is 9.99. The molecule has 0 unspecified atom stereocenters. The lowest BCUT2D eigenvalue weighted by Crippen LogP contribution is -2.36. The molecule has 1 aliphatic heterocycles. The van der Waals surface area contributed by atoms with Crippen LogP contribution in [-0.2, 0) is 4.74 Å². The largest absolute Gasteiger partial charge is 0.444 e. The van der Waals surface area contributed by atoms with E-state index in [1.54, 1.807) is 4.90 Å². The maximum atomic E-state index is 11.9. The minimum atomic E-state index is -0.462. The number of aliphatic hydroxyl groups excluding tert-OH is 1. The Morgan fingerprint density at radius 2 is 1.94 bits per heavy atom. The molecule has 1 amide bonds. The number of aliphatic hydroxyl groups is 1. The highest BCUT2D eigenvalue weighted by molar-refractivity contribution is 5.68. The van der Waals surface area contributed by atoms with Crippen LogP contribution in [0.4, 0.5) is 4.79 Å². The molecule has 1 heterocycles. The average molecular weight is 241 g/mol. The molecule has 1 aliphatic carbocycles. The van der Waals surface area contributed by atoms with E-state index in [9.17, 15) is 9.90 Å². The molecule has 2 fully saturated rings. The number of hydrogen-bond donors (Lipinski definition) is 1. The maximum Gasteiger partial charge on any atom is 0.410 e. The van der Waals surface area contributed by atoms with E-state index in [1.807, 2.05) is 20.8 Å². The third kappa shape index (κ3) is 2.92. The Kier molecular flexibility index (Phi) is 3.34. The fraction of sp³-hybridized carbons (Fsp3) is 0.923. The lowest BCUT2D eigenvalue weighted by atomic mass is 9.75. The number of carbonyl (C=O) groups excluding carboxylic acids is 1. The fourth-order valence-corrected chi connectivity index (χ4v) is 2.62. The molecule has 4 nitrogen and oxygen atoms in total. The highest BCUT2D eigenvalue weighted by atomic mass is 16.6. The molecule has 4 heteroatoms. The Morgan fingerprint density at radius 1 is 1.29 bits per heavy atom. The lowest BCUT2D eigenvalue weighted by molar-refractivity contribution is 0.0269. The van der Waals surface area contributed by atoms with Gasteiger partial charge in [0.2, 0.25) is 0 Å². The van der Waals surface area contributed by atoms with Gasteiger partial charge in [0.25, 0.3) is 0 Å². The molecule has 1 saturated heterocycles. The summed E-state index contributed by atoms with van der Waals surface area (Å²) in [6.45, 7) is 6.67. The summed E-state index contributed by atoms with van der Waals surface area (Å²) in [5.41, 5.74) is -0.462. The second-order valence-electron chi connectivity index (χ2n) is 6.31. The van der Waals surface area contributed by atoms with Gasteiger partial charge in [-0.05, 0) is 26.7 Å². The smallest absolute Gasteiger partial charge is 0.410 e. The van der Waals surface area contributed by atoms with E-state index in [0.29, 0.717) is 19.0 Å². The Bertz CT molecular complexity index is 294. The van der Waals surface area contributed by atoms with Gasteiger partial charge in [0.15, 0.2) is 0 Å². The van der Waals surface area contributed by atoms with Crippen molar-refractivity contribution in [3.8, 4) is 0 Å². The summed E-state index contributed by atoms with van der Waals surface area (Å²) in [4.78, 5) is 13.5. The molecule has 0 radical (unpaired) electrons. The van der Waals surface area contributed by atoms with Crippen molar-refractivity contribution in [2.45, 2.75) is 51.7 Å². The van der Waals surface area contributed by atoms with Gasteiger partial charge in [0.1, 0.15) is 5.60 Å². The molecule has 17 heavy (non-hydrogen) atoms. The van der Waals surface area contributed by atoms with Gasteiger partial charge in [-0.2, -0.15) is 0 Å². The topological polar surface area (TPSA) is 49.8 Å². The normalized spacial score (nSPS) is 30.2. The Hall–Kier alpha value is -0.770. The summed E-state index contributed by atoms with van der Waals surface area (Å²) in [5.74, 6) is 0.869. The molecular weight excluding hydrogens is 218 g/mol. The SMILES string of the molecule is CC(C)(C)OC(=O)N1C[C@@H](O)[C@H](C2CCC2)C1. The molecule has 0 aromatic carbocycles. The predicted molar refractivity (Wildman–Crippen MR) is 64.6 cm³/mol. The second-order valence-corrected chi connectivity index (χ2v) is 6.31. The number of likely N-dealkylation sites (tertiary alicyclic amines) is 1. The minimum Gasteiger partial charge on any atom is -0.444 e. The number of amides is 1. The number of carbonyl (C=O) groups is 1. The van der Waals surface area contributed by atoms with Crippen LogP contribution in [0.25, 0.3) is 0 Å². The van der Waals surface area contributed by atoms with Gasteiger partial charge in [0.05, 0.1) is 12.6 Å². The molecule has 2 rings (SSSR count). The second kappa shape index (κ2) is 4.48. The van der Waals surface area contributed by atoms with Crippen molar-refractivity contribution < 1.29 is 14.6 Å². The molecule has 0 aromatic heterocycles. The first-order valence-electron chi connectivity index (χ1n) is 6.53. The van der Waals surface area contributed by atoms with Crippen LogP contribution >= 0.6 is 0 Å². The summed E-state index contributed by atoms with van der Waals surface area (Å²) < 4.78 is 5.33. The Balaban J connectivity index is 1.89. The summed E-state index contributed by atoms with van der Waals surface area (Å²) in [6, 6.07) is 0. The van der Waals surface area contributed by atoms with Gasteiger partial charge >= 0.3 is 6.09 Å². The molecule has 2 aliphatic rings. The molecule has 0 spiro atoms. The number of nitrogens with zero attached hydrogens (tertiary/aromatic N) is 1. The van der Waals surface area contributed by atoms with E-state index >= 15 is 0 Å². The molecule has 0 bridgehead atoms. The summed E-state index contributed by atoms with van der Waals surface area (Å²) >= 11 is 0. The third-order valence-electron chi connectivity index (χ3n) is 3.74. The summed E-state index contributed by atoms with van der Waals surface area (Å²) in [6.07, 6.45) is 3.00. The average Bonchev–Trinajstić information content (AvgIpc) is 2.42. The zero-order chi connectivity index (χ0) is 12.6. The number of rotatable bonds is 1. The van der Waals surface area contributed by atoms with Crippen LogP contribution in [0.15, 0.2) is 0 Å². The maximum absolute atomic E-state index is 11.9. The van der Waals surface area contributed by atoms with Crippen LogP contribution < -0.4 is 0 Å². The number of β-amino-alcohol motifs (C(OH)–C–C–N with tert-alkyl or cyclic N) is 1. The van der Waals surface area contributed by atoms with Crippen LogP contribution in [0, 0.1) is 11.8 Å². The van der Waals surface area contributed by atoms with Crippen molar-refractivity contribution in [2.75, 3.05) is 13.1 Å². The van der Waals surface area contributed by atoms with E-state index in [0.717, 1.165) is 0 Å². The number of hydrogen-bond acceptors (Lipinski definition) is 3. The molecule has 1 saturated carbocycles. The van der Waals surface area contributed by atoms with Crippen molar-refractivity contribution in [3.63, 3.8) is 0 Å². The van der Waals surface area contributed by atoms with E-state index in [1.165, 1.54) is 19.3 Å². The van der Waals surface area contributed by atoms with Crippen LogP contribution in [0.1, 0.15) is 40.0 Å². The standard InChI is InChI=1S/C13H23NO3/c1-13(2,3)17-12(16)14-7-10(11(15)8-14)9-5-4-6-9/h9-11,15H,4-8H2,1-3H3/t10-,11+/m0/s1. The van der Waals surface area contributed by atoms with E-state index in [2.05, 4.69) is 0 Å². The summed E-state index contributed by atoms with van der Waals surface area (Å²) in [7, 11) is 0. The van der Waals surface area contributed by atoms with Crippen molar-refractivity contribution in [2.24, 2.45) is 11.8 Å². The van der Waals surface area contributed by atoms with Crippen LogP contribution in [0.5, 0.6) is 0 Å². The first kappa shape index (κ1) is 12.7. The molecule has 1 N–H and O–H groups in total. The van der Waals surface area contributed by atoms with Gasteiger partial charge < -0.3 is 14.7 Å². The number of ether oxygens (including phenoxy) is 1. The highest BCUT2D eigenvalue weighted by Crippen LogP contribution is 2.38.